The van der Waals surface area contributed by atoms with Crippen molar-refractivity contribution in [3.05, 3.63) is 34.9 Å². The van der Waals surface area contributed by atoms with Crippen LogP contribution < -0.4 is 0 Å². The van der Waals surface area contributed by atoms with Crippen LogP contribution in [-0.2, 0) is 34.0 Å². The monoisotopic (exact) mass is 337 g/mol. The first-order chi connectivity index (χ1) is 11.1. The lowest BCUT2D eigenvalue weighted by Crippen LogP contribution is -2.37. The van der Waals surface area contributed by atoms with E-state index in [-0.39, 0.29) is 6.04 Å². The normalized spacial score (nSPS) is 22.6. The highest BCUT2D eigenvalue weighted by Crippen LogP contribution is 2.25. The molecule has 1 atom stereocenters. The fourth-order valence-electron chi connectivity index (χ4n) is 3.82. The van der Waals surface area contributed by atoms with Crippen molar-refractivity contribution in [3.8, 4) is 0 Å². The van der Waals surface area contributed by atoms with Gasteiger partial charge in [0.1, 0.15) is 0 Å². The first kappa shape index (κ1) is 16.9. The standard InChI is InChI=1S/C18H27NO3S/c1-22-10-3-9-19(18-8-11-23(20,21)14-18)13-15-6-7-16-4-2-5-17(16)12-15/h6-7,12,18H,2-5,8-11,13-14H2,1H3/t18-/m1/s1. The van der Waals surface area contributed by atoms with E-state index in [1.807, 2.05) is 0 Å². The van der Waals surface area contributed by atoms with E-state index in [4.69, 9.17) is 4.74 Å². The largest absolute Gasteiger partial charge is 0.385 e. The minimum Gasteiger partial charge on any atom is -0.385 e. The number of rotatable bonds is 7. The molecule has 3 rings (SSSR count). The molecule has 0 spiro atoms. The maximum absolute atomic E-state index is 11.8. The predicted octanol–water partition coefficient (Wildman–Crippen LogP) is 2.20. The van der Waals surface area contributed by atoms with Crippen molar-refractivity contribution in [2.24, 2.45) is 0 Å². The summed E-state index contributed by atoms with van der Waals surface area (Å²) in [6.45, 7) is 2.46. The maximum atomic E-state index is 11.8. The zero-order valence-corrected chi connectivity index (χ0v) is 14.8. The molecule has 128 valence electrons. The third kappa shape index (κ3) is 4.34. The van der Waals surface area contributed by atoms with E-state index in [1.54, 1.807) is 7.11 Å². The number of benzene rings is 1. The Morgan fingerprint density at radius 1 is 1.26 bits per heavy atom. The molecule has 0 radical (unpaired) electrons. The van der Waals surface area contributed by atoms with Crippen LogP contribution >= 0.6 is 0 Å². The van der Waals surface area contributed by atoms with E-state index < -0.39 is 9.84 Å². The van der Waals surface area contributed by atoms with Crippen molar-refractivity contribution in [1.29, 1.82) is 0 Å². The average Bonchev–Trinajstić information content (AvgIpc) is 3.12. The average molecular weight is 337 g/mol. The third-order valence-corrected chi connectivity index (χ3v) is 6.82. The minimum atomic E-state index is -2.85. The summed E-state index contributed by atoms with van der Waals surface area (Å²) in [5.74, 6) is 0.646. The van der Waals surface area contributed by atoms with Gasteiger partial charge >= 0.3 is 0 Å². The van der Waals surface area contributed by atoms with Crippen LogP contribution in [-0.4, -0.2) is 51.1 Å². The number of fused-ring (bicyclic) bond motifs is 1. The Bertz CT molecular complexity index is 642. The predicted molar refractivity (Wildman–Crippen MR) is 92.4 cm³/mol. The molecule has 0 saturated carbocycles. The molecule has 1 aromatic carbocycles. The second-order valence-corrected chi connectivity index (χ2v) is 9.06. The molecule has 1 fully saturated rings. The molecule has 2 aliphatic rings. The Labute approximate surface area is 139 Å². The van der Waals surface area contributed by atoms with Crippen molar-refractivity contribution in [3.63, 3.8) is 0 Å². The summed E-state index contributed by atoms with van der Waals surface area (Å²) in [4.78, 5) is 2.35. The van der Waals surface area contributed by atoms with Crippen LogP contribution in [0.2, 0.25) is 0 Å². The van der Waals surface area contributed by atoms with Crippen LogP contribution in [0, 0.1) is 0 Å². The first-order valence-electron chi connectivity index (χ1n) is 8.61. The van der Waals surface area contributed by atoms with Gasteiger partial charge in [0, 0.05) is 32.8 Å². The number of sulfone groups is 1. The highest BCUT2D eigenvalue weighted by Gasteiger charge is 2.32. The summed E-state index contributed by atoms with van der Waals surface area (Å²) in [7, 11) is -1.13. The second kappa shape index (κ2) is 7.32. The van der Waals surface area contributed by atoms with Crippen LogP contribution in [0.25, 0.3) is 0 Å². The molecular weight excluding hydrogens is 310 g/mol. The van der Waals surface area contributed by atoms with Crippen molar-refractivity contribution >= 4 is 9.84 Å². The van der Waals surface area contributed by atoms with Crippen LogP contribution in [0.5, 0.6) is 0 Å². The second-order valence-electron chi connectivity index (χ2n) is 6.83. The van der Waals surface area contributed by atoms with E-state index in [0.29, 0.717) is 11.5 Å². The smallest absolute Gasteiger partial charge is 0.151 e. The van der Waals surface area contributed by atoms with E-state index in [1.165, 1.54) is 36.0 Å². The van der Waals surface area contributed by atoms with Crippen LogP contribution in [0.4, 0.5) is 0 Å². The van der Waals surface area contributed by atoms with E-state index in [0.717, 1.165) is 32.5 Å². The van der Waals surface area contributed by atoms with Gasteiger partial charge in [-0.3, -0.25) is 4.90 Å². The molecule has 0 bridgehead atoms. The van der Waals surface area contributed by atoms with E-state index in [9.17, 15) is 8.42 Å². The molecule has 23 heavy (non-hydrogen) atoms. The number of ether oxygens (including phenoxy) is 1. The topological polar surface area (TPSA) is 46.6 Å². The van der Waals surface area contributed by atoms with Gasteiger partial charge in [-0.25, -0.2) is 8.42 Å². The molecule has 1 aliphatic heterocycles. The van der Waals surface area contributed by atoms with E-state index >= 15 is 0 Å². The Morgan fingerprint density at radius 3 is 2.83 bits per heavy atom. The molecule has 1 heterocycles. The van der Waals surface area contributed by atoms with E-state index in [2.05, 4.69) is 23.1 Å². The number of hydrogen-bond acceptors (Lipinski definition) is 4. The van der Waals surface area contributed by atoms with Gasteiger partial charge in [0.2, 0.25) is 0 Å². The third-order valence-electron chi connectivity index (χ3n) is 5.07. The highest BCUT2D eigenvalue weighted by molar-refractivity contribution is 7.91. The van der Waals surface area contributed by atoms with Gasteiger partial charge in [-0.2, -0.15) is 0 Å². The fourth-order valence-corrected chi connectivity index (χ4v) is 5.59. The number of aryl methyl sites for hydroxylation is 2. The summed E-state index contributed by atoms with van der Waals surface area (Å²) >= 11 is 0. The molecule has 0 amide bonds. The molecule has 1 aliphatic carbocycles. The zero-order chi connectivity index (χ0) is 16.3. The van der Waals surface area contributed by atoms with Gasteiger partial charge in [0.25, 0.3) is 0 Å². The molecule has 5 heteroatoms. The molecule has 1 aromatic rings. The Kier molecular flexibility index (Phi) is 5.39. The van der Waals surface area contributed by atoms with Crippen molar-refractivity contribution < 1.29 is 13.2 Å². The number of hydrogen-bond donors (Lipinski definition) is 0. The lowest BCUT2D eigenvalue weighted by molar-refractivity contribution is 0.150. The lowest BCUT2D eigenvalue weighted by Gasteiger charge is -2.28. The van der Waals surface area contributed by atoms with Crippen molar-refractivity contribution in [2.45, 2.75) is 44.7 Å². The SMILES string of the molecule is COCCCN(Cc1ccc2c(c1)CCC2)[C@@H]1CCS(=O)(=O)C1. The number of nitrogens with zero attached hydrogens (tertiary/aromatic N) is 1. The number of methoxy groups -OCH3 is 1. The van der Waals surface area contributed by atoms with Gasteiger partial charge in [-0.15, -0.1) is 0 Å². The van der Waals surface area contributed by atoms with Gasteiger partial charge in [-0.1, -0.05) is 18.2 Å². The summed E-state index contributed by atoms with van der Waals surface area (Å²) in [6, 6.07) is 6.97. The first-order valence-corrected chi connectivity index (χ1v) is 10.4. The van der Waals surface area contributed by atoms with Gasteiger partial charge < -0.3 is 4.74 Å². The zero-order valence-electron chi connectivity index (χ0n) is 14.0. The Morgan fingerprint density at radius 2 is 2.09 bits per heavy atom. The maximum Gasteiger partial charge on any atom is 0.151 e. The summed E-state index contributed by atoms with van der Waals surface area (Å²) in [5, 5.41) is 0. The molecule has 4 nitrogen and oxygen atoms in total. The Hall–Kier alpha value is -0.910. The molecule has 0 N–H and O–H groups in total. The minimum absolute atomic E-state index is 0.158. The Balaban J connectivity index is 1.70. The van der Waals surface area contributed by atoms with Crippen LogP contribution in [0.15, 0.2) is 18.2 Å². The van der Waals surface area contributed by atoms with Crippen LogP contribution in [0.1, 0.15) is 36.0 Å². The van der Waals surface area contributed by atoms with Gasteiger partial charge in [0.15, 0.2) is 9.84 Å². The molecule has 1 saturated heterocycles. The summed E-state index contributed by atoms with van der Waals surface area (Å²) in [5.41, 5.74) is 4.29. The van der Waals surface area contributed by atoms with Crippen molar-refractivity contribution in [2.75, 3.05) is 31.8 Å². The van der Waals surface area contributed by atoms with Crippen LogP contribution in [0.3, 0.4) is 0 Å². The molecular formula is C18H27NO3S. The molecule has 0 unspecified atom stereocenters. The molecule has 0 aromatic heterocycles. The van der Waals surface area contributed by atoms with Gasteiger partial charge in [-0.05, 0) is 48.8 Å². The van der Waals surface area contributed by atoms with Crippen molar-refractivity contribution in [1.82, 2.24) is 4.90 Å². The summed E-state index contributed by atoms with van der Waals surface area (Å²) in [6.07, 6.45) is 5.36. The lowest BCUT2D eigenvalue weighted by atomic mass is 10.1. The fraction of sp³-hybridized carbons (Fsp3) is 0.667. The van der Waals surface area contributed by atoms with Gasteiger partial charge in [0.05, 0.1) is 11.5 Å². The highest BCUT2D eigenvalue weighted by atomic mass is 32.2. The summed E-state index contributed by atoms with van der Waals surface area (Å²) < 4.78 is 28.8. The quantitative estimate of drug-likeness (QED) is 0.716.